The highest BCUT2D eigenvalue weighted by Crippen LogP contribution is 2.35. The maximum Gasteiger partial charge on any atom is 0.231 e. The number of hydrogen-bond acceptors (Lipinski definition) is 6. The van der Waals surface area contributed by atoms with Crippen LogP contribution >= 0.6 is 23.4 Å². The Hall–Kier alpha value is -3.49. The Kier molecular flexibility index (Phi) is 6.19. The molecule has 7 nitrogen and oxygen atoms in total. The van der Waals surface area contributed by atoms with Crippen LogP contribution in [0, 0.1) is 0 Å². The molecule has 0 saturated heterocycles. The summed E-state index contributed by atoms with van der Waals surface area (Å²) < 4.78 is 12.6. The van der Waals surface area contributed by atoms with Crippen molar-refractivity contribution in [3.63, 3.8) is 0 Å². The van der Waals surface area contributed by atoms with E-state index in [4.69, 9.17) is 21.1 Å². The Labute approximate surface area is 199 Å². The molecular weight excluding hydrogens is 460 g/mol. The number of nitrogens with zero attached hydrogens (tertiary/aromatic N) is 3. The Morgan fingerprint density at radius 2 is 1.79 bits per heavy atom. The molecule has 0 aliphatic carbocycles. The lowest BCUT2D eigenvalue weighted by Crippen LogP contribution is -2.12. The molecule has 4 aromatic rings. The first kappa shape index (κ1) is 21.4. The number of rotatable bonds is 7. The minimum absolute atomic E-state index is 0.0986. The third-order valence-electron chi connectivity index (χ3n) is 4.98. The van der Waals surface area contributed by atoms with E-state index in [0.29, 0.717) is 45.4 Å². The van der Waals surface area contributed by atoms with Crippen LogP contribution in [0.5, 0.6) is 11.5 Å². The second-order valence-corrected chi connectivity index (χ2v) is 8.64. The zero-order valence-electron chi connectivity index (χ0n) is 17.4. The van der Waals surface area contributed by atoms with E-state index in [-0.39, 0.29) is 12.7 Å². The molecule has 0 unspecified atom stereocenters. The van der Waals surface area contributed by atoms with Gasteiger partial charge in [0, 0.05) is 35.2 Å². The zero-order valence-corrected chi connectivity index (χ0v) is 19.0. The lowest BCUT2D eigenvalue weighted by Gasteiger charge is -2.11. The third kappa shape index (κ3) is 4.67. The largest absolute Gasteiger partial charge is 0.454 e. The molecule has 3 aromatic carbocycles. The summed E-state index contributed by atoms with van der Waals surface area (Å²) in [4.78, 5) is 12.5. The van der Waals surface area contributed by atoms with Gasteiger partial charge in [-0.25, -0.2) is 0 Å². The second kappa shape index (κ2) is 9.56. The molecule has 1 aliphatic heterocycles. The van der Waals surface area contributed by atoms with Gasteiger partial charge in [0.25, 0.3) is 0 Å². The molecule has 5 rings (SSSR count). The lowest BCUT2D eigenvalue weighted by molar-refractivity contribution is -0.115. The average molecular weight is 479 g/mol. The summed E-state index contributed by atoms with van der Waals surface area (Å²) in [6.45, 7) is 0.196. The van der Waals surface area contributed by atoms with Crippen molar-refractivity contribution in [2.24, 2.45) is 0 Å². The fraction of sp³-hybridized carbons (Fsp3) is 0.125. The Bertz CT molecular complexity index is 1300. The van der Waals surface area contributed by atoms with E-state index < -0.39 is 0 Å². The molecule has 1 amide bonds. The molecule has 0 saturated carbocycles. The molecule has 1 aliphatic rings. The van der Waals surface area contributed by atoms with Crippen LogP contribution < -0.4 is 14.8 Å². The predicted octanol–water partition coefficient (Wildman–Crippen LogP) is 5.44. The number of aromatic nitrogens is 3. The van der Waals surface area contributed by atoms with Crippen molar-refractivity contribution >= 4 is 35.0 Å². The summed E-state index contributed by atoms with van der Waals surface area (Å²) in [5, 5.41) is 13.0. The minimum atomic E-state index is -0.0986. The first-order valence-corrected chi connectivity index (χ1v) is 11.6. The Morgan fingerprint density at radius 1 is 1.00 bits per heavy atom. The van der Waals surface area contributed by atoms with Crippen LogP contribution in [0.25, 0.3) is 17.1 Å². The molecule has 0 radical (unpaired) electrons. The van der Waals surface area contributed by atoms with Crippen molar-refractivity contribution in [3.8, 4) is 28.6 Å². The summed E-state index contributed by atoms with van der Waals surface area (Å²) in [6.07, 6.45) is 0.308. The first-order chi connectivity index (χ1) is 16.2. The number of hydrogen-bond donors (Lipinski definition) is 1. The van der Waals surface area contributed by atoms with Crippen molar-refractivity contribution in [1.82, 2.24) is 14.8 Å². The van der Waals surface area contributed by atoms with Gasteiger partial charge in [-0.15, -0.1) is 10.2 Å². The highest BCUT2D eigenvalue weighted by molar-refractivity contribution is 7.99. The number of para-hydroxylation sites is 1. The first-order valence-electron chi connectivity index (χ1n) is 10.3. The molecule has 9 heteroatoms. The number of amides is 1. The van der Waals surface area contributed by atoms with Crippen molar-refractivity contribution < 1.29 is 14.3 Å². The number of ether oxygens (including phenoxy) is 2. The second-order valence-electron chi connectivity index (χ2n) is 7.17. The molecule has 0 atom stereocenters. The van der Waals surface area contributed by atoms with Gasteiger partial charge in [-0.3, -0.25) is 9.36 Å². The standard InChI is InChI=1S/C24H19ClN4O3S/c25-19-9-5-4-8-18(19)23-27-28-24(29(23)17-6-2-1-3-7-17)33-13-12-22(30)26-16-10-11-20-21(14-16)32-15-31-20/h1-11,14H,12-13,15H2,(H,26,30). The Balaban J connectivity index is 1.30. The van der Waals surface area contributed by atoms with E-state index in [1.807, 2.05) is 59.2 Å². The van der Waals surface area contributed by atoms with Crippen LogP contribution in [0.15, 0.2) is 78.0 Å². The number of benzene rings is 3. The van der Waals surface area contributed by atoms with Crippen LogP contribution in [0.2, 0.25) is 5.02 Å². The predicted molar refractivity (Wildman–Crippen MR) is 128 cm³/mol. The van der Waals surface area contributed by atoms with E-state index in [0.717, 1.165) is 11.3 Å². The van der Waals surface area contributed by atoms with Gasteiger partial charge >= 0.3 is 0 Å². The smallest absolute Gasteiger partial charge is 0.231 e. The van der Waals surface area contributed by atoms with E-state index in [1.165, 1.54) is 11.8 Å². The van der Waals surface area contributed by atoms with Crippen LogP contribution in [-0.4, -0.2) is 33.2 Å². The maximum atomic E-state index is 12.5. The van der Waals surface area contributed by atoms with Crippen LogP contribution in [0.4, 0.5) is 5.69 Å². The van der Waals surface area contributed by atoms with Crippen molar-refractivity contribution in [2.75, 3.05) is 17.9 Å². The van der Waals surface area contributed by atoms with Crippen molar-refractivity contribution in [3.05, 3.63) is 77.8 Å². The van der Waals surface area contributed by atoms with E-state index in [1.54, 1.807) is 18.2 Å². The molecule has 1 N–H and O–H groups in total. The zero-order chi connectivity index (χ0) is 22.6. The van der Waals surface area contributed by atoms with E-state index >= 15 is 0 Å². The number of thioether (sulfide) groups is 1. The normalized spacial score (nSPS) is 12.0. The summed E-state index contributed by atoms with van der Waals surface area (Å²) in [5.74, 6) is 2.39. The van der Waals surface area contributed by atoms with Gasteiger partial charge in [0.05, 0.1) is 5.02 Å². The minimum Gasteiger partial charge on any atom is -0.454 e. The molecule has 0 spiro atoms. The number of nitrogens with one attached hydrogen (secondary N) is 1. The van der Waals surface area contributed by atoms with E-state index in [2.05, 4.69) is 15.5 Å². The van der Waals surface area contributed by atoms with Crippen LogP contribution in [-0.2, 0) is 4.79 Å². The quantitative estimate of drug-likeness (QED) is 0.356. The van der Waals surface area contributed by atoms with Crippen LogP contribution in [0.1, 0.15) is 6.42 Å². The Morgan fingerprint density at radius 3 is 2.64 bits per heavy atom. The van der Waals surface area contributed by atoms with Crippen LogP contribution in [0.3, 0.4) is 0 Å². The molecule has 0 fully saturated rings. The van der Waals surface area contributed by atoms with Gasteiger partial charge in [-0.05, 0) is 36.4 Å². The number of fused-ring (bicyclic) bond motifs is 1. The van der Waals surface area contributed by atoms with Gasteiger partial charge in [0.2, 0.25) is 12.7 Å². The SMILES string of the molecule is O=C(CCSc1nnc(-c2ccccc2Cl)n1-c1ccccc1)Nc1ccc2c(c1)OCO2. The third-order valence-corrected chi connectivity index (χ3v) is 6.24. The van der Waals surface area contributed by atoms with Crippen molar-refractivity contribution in [1.29, 1.82) is 0 Å². The van der Waals surface area contributed by atoms with E-state index in [9.17, 15) is 4.79 Å². The number of halogens is 1. The summed E-state index contributed by atoms with van der Waals surface area (Å²) in [5.41, 5.74) is 2.38. The summed E-state index contributed by atoms with van der Waals surface area (Å²) in [6, 6.07) is 22.7. The van der Waals surface area contributed by atoms with Gasteiger partial charge < -0.3 is 14.8 Å². The van der Waals surface area contributed by atoms with Gasteiger partial charge in [0.15, 0.2) is 22.5 Å². The highest BCUT2D eigenvalue weighted by atomic mass is 35.5. The maximum absolute atomic E-state index is 12.5. The number of carbonyl (C=O) groups is 1. The molecule has 166 valence electrons. The molecule has 0 bridgehead atoms. The summed E-state index contributed by atoms with van der Waals surface area (Å²) in [7, 11) is 0. The lowest BCUT2D eigenvalue weighted by atomic mass is 10.2. The average Bonchev–Trinajstić information content (AvgIpc) is 3.47. The fourth-order valence-electron chi connectivity index (χ4n) is 3.42. The topological polar surface area (TPSA) is 78.3 Å². The fourth-order valence-corrected chi connectivity index (χ4v) is 4.53. The summed E-state index contributed by atoms with van der Waals surface area (Å²) >= 11 is 7.89. The molecule has 2 heterocycles. The molecule has 1 aromatic heterocycles. The molecule has 33 heavy (non-hydrogen) atoms. The van der Waals surface area contributed by atoms with Gasteiger partial charge in [-0.2, -0.15) is 0 Å². The molecular formula is C24H19ClN4O3S. The van der Waals surface area contributed by atoms with Crippen molar-refractivity contribution in [2.45, 2.75) is 11.6 Å². The van der Waals surface area contributed by atoms with Gasteiger partial charge in [0.1, 0.15) is 0 Å². The number of carbonyl (C=O) groups excluding carboxylic acids is 1. The monoisotopic (exact) mass is 478 g/mol. The highest BCUT2D eigenvalue weighted by Gasteiger charge is 2.18. The number of anilines is 1. The van der Waals surface area contributed by atoms with Gasteiger partial charge in [-0.1, -0.05) is 53.7 Å².